The summed E-state index contributed by atoms with van der Waals surface area (Å²) in [6.07, 6.45) is -0.176. The van der Waals surface area contributed by atoms with Crippen molar-refractivity contribution in [2.75, 3.05) is 0 Å². The molecule has 0 aliphatic rings. The summed E-state index contributed by atoms with van der Waals surface area (Å²) in [6, 6.07) is 1.60. The van der Waals surface area contributed by atoms with Crippen LogP contribution in [-0.4, -0.2) is 31.4 Å². The summed E-state index contributed by atoms with van der Waals surface area (Å²) < 4.78 is 26.8. The first-order chi connectivity index (χ1) is 9.54. The molecule has 1 rings (SSSR count). The van der Waals surface area contributed by atoms with E-state index in [1.54, 1.807) is 0 Å². The van der Waals surface area contributed by atoms with E-state index < -0.39 is 27.9 Å². The van der Waals surface area contributed by atoms with E-state index in [2.05, 4.69) is 4.72 Å². The number of halogens is 1. The van der Waals surface area contributed by atoms with Gasteiger partial charge in [0.1, 0.15) is 0 Å². The van der Waals surface area contributed by atoms with Crippen molar-refractivity contribution >= 4 is 33.5 Å². The maximum atomic E-state index is 12.3. The summed E-state index contributed by atoms with van der Waals surface area (Å²) in [5, 5.41) is 9.03. The number of benzene rings is 1. The lowest BCUT2D eigenvalue weighted by Crippen LogP contribution is -2.36. The molecule has 4 N–H and O–H groups in total. The van der Waals surface area contributed by atoms with Gasteiger partial charge in [0.2, 0.25) is 15.9 Å². The molecule has 1 amide bonds. The van der Waals surface area contributed by atoms with Crippen LogP contribution in [0.3, 0.4) is 0 Å². The number of carbonyl (C=O) groups excluding carboxylic acids is 1. The normalized spacial score (nSPS) is 12.9. The van der Waals surface area contributed by atoms with E-state index in [-0.39, 0.29) is 27.5 Å². The summed E-state index contributed by atoms with van der Waals surface area (Å²) >= 11 is 5.76. The lowest BCUT2D eigenvalue weighted by molar-refractivity contribution is -0.118. The van der Waals surface area contributed by atoms with E-state index in [4.69, 9.17) is 22.4 Å². The Hall–Kier alpha value is -1.64. The minimum atomic E-state index is -4.02. The van der Waals surface area contributed by atoms with Crippen LogP contribution in [0.2, 0.25) is 5.02 Å². The zero-order valence-corrected chi connectivity index (χ0v) is 13.0. The van der Waals surface area contributed by atoms with Crippen molar-refractivity contribution in [1.29, 1.82) is 0 Å². The molecule has 1 unspecified atom stereocenters. The number of hydrogen-bond donors (Lipinski definition) is 3. The Balaban J connectivity index is 3.26. The highest BCUT2D eigenvalue weighted by Crippen LogP contribution is 2.24. The minimum Gasteiger partial charge on any atom is -0.478 e. The third-order valence-corrected chi connectivity index (χ3v) is 4.64. The Kier molecular flexibility index (Phi) is 5.32. The van der Waals surface area contributed by atoms with Crippen LogP contribution < -0.4 is 10.5 Å². The van der Waals surface area contributed by atoms with Crippen molar-refractivity contribution in [3.63, 3.8) is 0 Å². The fraction of sp³-hybridized carbons (Fsp3) is 0.333. The van der Waals surface area contributed by atoms with Gasteiger partial charge in [0.05, 0.1) is 10.5 Å². The van der Waals surface area contributed by atoms with Gasteiger partial charge in [0.15, 0.2) is 0 Å². The molecule has 0 aliphatic heterocycles. The second-order valence-corrected chi connectivity index (χ2v) is 6.69. The molecule has 9 heteroatoms. The molecule has 0 bridgehead atoms. The number of primary amides is 1. The third-order valence-electron chi connectivity index (χ3n) is 2.71. The SMILES string of the molecule is Cc1c(C(=O)O)cc(Cl)cc1S(=O)(=O)NC(C)CC(N)=O. The maximum Gasteiger partial charge on any atom is 0.336 e. The smallest absolute Gasteiger partial charge is 0.336 e. The summed E-state index contributed by atoms with van der Waals surface area (Å²) in [5.41, 5.74) is 4.85. The lowest BCUT2D eigenvalue weighted by Gasteiger charge is -2.15. The second kappa shape index (κ2) is 6.42. The van der Waals surface area contributed by atoms with Gasteiger partial charge in [0.25, 0.3) is 0 Å². The maximum absolute atomic E-state index is 12.3. The summed E-state index contributed by atoms with van der Waals surface area (Å²) in [6.45, 7) is 2.84. The second-order valence-electron chi connectivity index (χ2n) is 4.57. The molecule has 1 aromatic carbocycles. The predicted molar refractivity (Wildman–Crippen MR) is 76.7 cm³/mol. The number of hydrogen-bond acceptors (Lipinski definition) is 4. The Labute approximate surface area is 127 Å². The van der Waals surface area contributed by atoms with E-state index in [1.807, 2.05) is 0 Å². The van der Waals surface area contributed by atoms with Crippen LogP contribution in [-0.2, 0) is 14.8 Å². The number of carboxylic acids is 1. The Morgan fingerprint density at radius 3 is 2.48 bits per heavy atom. The van der Waals surface area contributed by atoms with Crippen LogP contribution in [0.1, 0.15) is 29.3 Å². The van der Waals surface area contributed by atoms with Gasteiger partial charge in [-0.2, -0.15) is 0 Å². The monoisotopic (exact) mass is 334 g/mol. The van der Waals surface area contributed by atoms with Gasteiger partial charge in [-0.05, 0) is 31.5 Å². The molecule has 116 valence electrons. The van der Waals surface area contributed by atoms with E-state index in [9.17, 15) is 18.0 Å². The van der Waals surface area contributed by atoms with Crippen molar-refractivity contribution in [3.8, 4) is 0 Å². The number of nitrogens with two attached hydrogens (primary N) is 1. The van der Waals surface area contributed by atoms with Gasteiger partial charge >= 0.3 is 5.97 Å². The number of carboxylic acid groups (broad SMARTS) is 1. The molecule has 0 saturated carbocycles. The van der Waals surface area contributed by atoms with Crippen LogP contribution >= 0.6 is 11.6 Å². The van der Waals surface area contributed by atoms with Crippen molar-refractivity contribution in [2.24, 2.45) is 5.73 Å². The van der Waals surface area contributed by atoms with Crippen LogP contribution in [0.4, 0.5) is 0 Å². The summed E-state index contributed by atoms with van der Waals surface area (Å²) in [7, 11) is -4.02. The molecule has 0 spiro atoms. The quantitative estimate of drug-likeness (QED) is 0.712. The largest absolute Gasteiger partial charge is 0.478 e. The summed E-state index contributed by atoms with van der Waals surface area (Å²) in [4.78, 5) is 21.6. The fourth-order valence-corrected chi connectivity index (χ4v) is 3.65. The van der Waals surface area contributed by atoms with Crippen LogP contribution in [0, 0.1) is 6.92 Å². The van der Waals surface area contributed by atoms with Crippen molar-refractivity contribution in [2.45, 2.75) is 31.2 Å². The molecular weight excluding hydrogens is 320 g/mol. The van der Waals surface area contributed by atoms with Gasteiger partial charge in [0, 0.05) is 17.5 Å². The van der Waals surface area contributed by atoms with E-state index >= 15 is 0 Å². The molecule has 0 aliphatic carbocycles. The molecule has 0 radical (unpaired) electrons. The highest BCUT2D eigenvalue weighted by atomic mass is 35.5. The Morgan fingerprint density at radius 2 is 2.00 bits per heavy atom. The van der Waals surface area contributed by atoms with Gasteiger partial charge in [-0.15, -0.1) is 0 Å². The van der Waals surface area contributed by atoms with Crippen molar-refractivity contribution < 1.29 is 23.1 Å². The molecule has 1 atom stereocenters. The van der Waals surface area contributed by atoms with Crippen LogP contribution in [0.5, 0.6) is 0 Å². The van der Waals surface area contributed by atoms with Gasteiger partial charge in [-0.3, -0.25) is 4.79 Å². The average molecular weight is 335 g/mol. The minimum absolute atomic E-state index is 0.0130. The van der Waals surface area contributed by atoms with Gasteiger partial charge in [-0.1, -0.05) is 11.6 Å². The zero-order valence-electron chi connectivity index (χ0n) is 11.4. The first-order valence-electron chi connectivity index (χ1n) is 5.88. The highest BCUT2D eigenvalue weighted by Gasteiger charge is 2.24. The molecule has 0 aromatic heterocycles. The van der Waals surface area contributed by atoms with E-state index in [0.29, 0.717) is 0 Å². The van der Waals surface area contributed by atoms with Crippen molar-refractivity contribution in [3.05, 3.63) is 28.3 Å². The number of aromatic carboxylic acids is 1. The molecule has 0 saturated heterocycles. The first-order valence-corrected chi connectivity index (χ1v) is 7.74. The number of amides is 1. The molecular formula is C12H15ClN2O5S. The van der Waals surface area contributed by atoms with E-state index in [0.717, 1.165) is 6.07 Å². The molecule has 7 nitrogen and oxygen atoms in total. The zero-order chi connectivity index (χ0) is 16.4. The van der Waals surface area contributed by atoms with Gasteiger partial charge in [-0.25, -0.2) is 17.9 Å². The molecule has 1 aromatic rings. The molecule has 0 fully saturated rings. The number of nitrogens with one attached hydrogen (secondary N) is 1. The standard InChI is InChI=1S/C12H15ClN2O5S/c1-6(3-11(14)16)15-21(19,20)10-5-8(13)4-9(7(10)2)12(17)18/h4-6,15H,3H2,1-2H3,(H2,14,16)(H,17,18). The lowest BCUT2D eigenvalue weighted by atomic mass is 10.1. The Bertz CT molecular complexity index is 687. The first kappa shape index (κ1) is 17.4. The number of carbonyl (C=O) groups is 2. The Morgan fingerprint density at radius 1 is 1.43 bits per heavy atom. The topological polar surface area (TPSA) is 127 Å². The number of rotatable bonds is 6. The fourth-order valence-electron chi connectivity index (χ4n) is 1.83. The average Bonchev–Trinajstić information content (AvgIpc) is 2.29. The molecule has 21 heavy (non-hydrogen) atoms. The highest BCUT2D eigenvalue weighted by molar-refractivity contribution is 7.89. The number of sulfonamides is 1. The van der Waals surface area contributed by atoms with Crippen molar-refractivity contribution in [1.82, 2.24) is 4.72 Å². The summed E-state index contributed by atoms with van der Waals surface area (Å²) in [5.74, 6) is -1.93. The van der Waals surface area contributed by atoms with Gasteiger partial charge < -0.3 is 10.8 Å². The predicted octanol–water partition coefficient (Wildman–Crippen LogP) is 0.889. The third kappa shape index (κ3) is 4.42. The van der Waals surface area contributed by atoms with Crippen LogP contribution in [0.25, 0.3) is 0 Å². The van der Waals surface area contributed by atoms with Crippen LogP contribution in [0.15, 0.2) is 17.0 Å². The van der Waals surface area contributed by atoms with E-state index in [1.165, 1.54) is 19.9 Å². The molecule has 0 heterocycles.